The van der Waals surface area contributed by atoms with Gasteiger partial charge in [-0.1, -0.05) is 0 Å². The Morgan fingerprint density at radius 1 is 1.62 bits per heavy atom. The summed E-state index contributed by atoms with van der Waals surface area (Å²) in [7, 11) is 1.41. The second-order valence-electron chi connectivity index (χ2n) is 4.71. The van der Waals surface area contributed by atoms with Crippen LogP contribution in [0.3, 0.4) is 0 Å². The Morgan fingerprint density at radius 3 is 3.05 bits per heavy atom. The summed E-state index contributed by atoms with van der Waals surface area (Å²) in [5, 5.41) is 19.3. The zero-order chi connectivity index (χ0) is 15.1. The summed E-state index contributed by atoms with van der Waals surface area (Å²) in [6.45, 7) is -0.361. The van der Waals surface area contributed by atoms with Gasteiger partial charge in [0.25, 0.3) is 5.56 Å². The molecule has 1 saturated heterocycles. The molecule has 3 heterocycles. The van der Waals surface area contributed by atoms with Crippen LogP contribution in [-0.4, -0.2) is 61.8 Å². The largest absolute Gasteiger partial charge is 0.394 e. The lowest BCUT2D eigenvalue weighted by Crippen LogP contribution is -2.34. The van der Waals surface area contributed by atoms with E-state index in [2.05, 4.69) is 15.0 Å². The third-order valence-corrected chi connectivity index (χ3v) is 3.49. The minimum absolute atomic E-state index is 0.0551. The molecule has 4 atom stereocenters. The van der Waals surface area contributed by atoms with Crippen molar-refractivity contribution < 1.29 is 19.7 Å². The van der Waals surface area contributed by atoms with Gasteiger partial charge in [-0.3, -0.25) is 14.3 Å². The van der Waals surface area contributed by atoms with Gasteiger partial charge in [-0.25, -0.2) is 4.98 Å². The Labute approximate surface area is 118 Å². The van der Waals surface area contributed by atoms with Crippen LogP contribution in [0.15, 0.2) is 11.1 Å². The quantitative estimate of drug-likeness (QED) is 0.506. The number of aliphatic hydroxyl groups is 2. The summed E-state index contributed by atoms with van der Waals surface area (Å²) in [5.41, 5.74) is 5.38. The molecule has 0 saturated carbocycles. The highest BCUT2D eigenvalue weighted by Crippen LogP contribution is 2.32. The van der Waals surface area contributed by atoms with E-state index in [-0.39, 0.29) is 23.7 Å². The number of aliphatic hydroxyl groups excluding tert-OH is 2. The molecule has 1 unspecified atom stereocenters. The number of aromatic amines is 1. The molecular formula is C11H15N5O5. The van der Waals surface area contributed by atoms with Crippen LogP contribution in [0.1, 0.15) is 6.23 Å². The monoisotopic (exact) mass is 297 g/mol. The average Bonchev–Trinajstić information content (AvgIpc) is 2.99. The van der Waals surface area contributed by atoms with E-state index in [9.17, 15) is 15.0 Å². The van der Waals surface area contributed by atoms with Crippen molar-refractivity contribution >= 4 is 17.1 Å². The van der Waals surface area contributed by atoms with Gasteiger partial charge in [0, 0.05) is 7.11 Å². The van der Waals surface area contributed by atoms with Crippen LogP contribution < -0.4 is 11.3 Å². The lowest BCUT2D eigenvalue weighted by molar-refractivity contribution is -0.0583. The fourth-order valence-corrected chi connectivity index (χ4v) is 2.48. The molecule has 2 aromatic heterocycles. The van der Waals surface area contributed by atoms with E-state index in [4.69, 9.17) is 15.2 Å². The van der Waals surface area contributed by atoms with Crippen LogP contribution in [0.25, 0.3) is 11.2 Å². The highest BCUT2D eigenvalue weighted by molar-refractivity contribution is 5.70. The number of nitrogen functional groups attached to an aromatic ring is 1. The van der Waals surface area contributed by atoms with Crippen LogP contribution >= 0.6 is 0 Å². The number of methoxy groups -OCH3 is 1. The number of nitrogens with two attached hydrogens (primary N) is 1. The Hall–Kier alpha value is -2.01. The number of fused-ring (bicyclic) bond motifs is 1. The number of ether oxygens (including phenoxy) is 2. The molecule has 0 amide bonds. The maximum Gasteiger partial charge on any atom is 0.280 e. The Morgan fingerprint density at radius 2 is 2.38 bits per heavy atom. The summed E-state index contributed by atoms with van der Waals surface area (Å²) in [6.07, 6.45) is -1.96. The first-order valence-electron chi connectivity index (χ1n) is 6.26. The zero-order valence-electron chi connectivity index (χ0n) is 11.1. The number of imidazole rings is 1. The smallest absolute Gasteiger partial charge is 0.280 e. The minimum Gasteiger partial charge on any atom is -0.394 e. The van der Waals surface area contributed by atoms with Crippen molar-refractivity contribution in [2.45, 2.75) is 24.5 Å². The maximum absolute atomic E-state index is 11.8. The number of aromatic nitrogens is 4. The molecular weight excluding hydrogens is 282 g/mol. The molecule has 10 heteroatoms. The maximum atomic E-state index is 11.8. The van der Waals surface area contributed by atoms with E-state index in [1.807, 2.05) is 0 Å². The number of hydrogen-bond acceptors (Lipinski definition) is 8. The first-order chi connectivity index (χ1) is 10.1. The molecule has 1 aliphatic heterocycles. The van der Waals surface area contributed by atoms with Crippen molar-refractivity contribution in [3.05, 3.63) is 16.7 Å². The molecule has 114 valence electrons. The van der Waals surface area contributed by atoms with Crippen molar-refractivity contribution in [1.29, 1.82) is 0 Å². The fourth-order valence-electron chi connectivity index (χ4n) is 2.48. The predicted molar refractivity (Wildman–Crippen MR) is 70.4 cm³/mol. The lowest BCUT2D eigenvalue weighted by atomic mass is 10.1. The zero-order valence-corrected chi connectivity index (χ0v) is 11.1. The highest BCUT2D eigenvalue weighted by atomic mass is 16.6. The SMILES string of the molecule is CO[C@@H]1C(O)[C@@H](CO)O[C@H]1n1cnc2c(=O)[nH]c(N)nc21. The molecule has 0 radical (unpaired) electrons. The average molecular weight is 297 g/mol. The molecule has 0 spiro atoms. The number of H-pyrrole nitrogens is 1. The van der Waals surface area contributed by atoms with E-state index in [0.717, 1.165) is 0 Å². The molecule has 10 nitrogen and oxygen atoms in total. The van der Waals surface area contributed by atoms with Crippen molar-refractivity contribution in [1.82, 2.24) is 19.5 Å². The second kappa shape index (κ2) is 5.07. The van der Waals surface area contributed by atoms with Crippen LogP contribution in [0.5, 0.6) is 0 Å². The summed E-state index contributed by atoms with van der Waals surface area (Å²) < 4.78 is 12.2. The number of nitrogens with one attached hydrogen (secondary N) is 1. The molecule has 0 aromatic carbocycles. The Kier molecular flexibility index (Phi) is 3.37. The van der Waals surface area contributed by atoms with Gasteiger partial charge in [-0.05, 0) is 0 Å². The first-order valence-corrected chi connectivity index (χ1v) is 6.26. The summed E-state index contributed by atoms with van der Waals surface area (Å²) in [6, 6.07) is 0. The van der Waals surface area contributed by atoms with Gasteiger partial charge in [0.05, 0.1) is 12.9 Å². The van der Waals surface area contributed by atoms with Crippen LogP contribution in [0, 0.1) is 0 Å². The van der Waals surface area contributed by atoms with Crippen molar-refractivity contribution in [2.24, 2.45) is 0 Å². The van der Waals surface area contributed by atoms with Gasteiger partial charge in [-0.2, -0.15) is 4.98 Å². The van der Waals surface area contributed by atoms with Crippen molar-refractivity contribution in [2.75, 3.05) is 19.5 Å². The standard InChI is InChI=1S/C11H15N5O5/c1-20-7-6(18)4(2-17)21-10(7)16-3-13-5-8(16)14-11(12)15-9(5)19/h3-4,6-7,10,17-18H,2H2,1H3,(H3,12,14,15,19)/t4-,6?,7-,10-/m1/s1. The number of rotatable bonds is 3. The van der Waals surface area contributed by atoms with E-state index in [0.29, 0.717) is 0 Å². The fraction of sp³-hybridized carbons (Fsp3) is 0.545. The third-order valence-electron chi connectivity index (χ3n) is 3.49. The van der Waals surface area contributed by atoms with E-state index in [1.54, 1.807) is 0 Å². The number of anilines is 1. The van der Waals surface area contributed by atoms with Gasteiger partial charge in [0.1, 0.15) is 18.3 Å². The van der Waals surface area contributed by atoms with Gasteiger partial charge in [0.2, 0.25) is 5.95 Å². The van der Waals surface area contributed by atoms with Gasteiger partial charge >= 0.3 is 0 Å². The van der Waals surface area contributed by atoms with E-state index >= 15 is 0 Å². The molecule has 3 rings (SSSR count). The third kappa shape index (κ3) is 2.08. The first kappa shape index (κ1) is 13.9. The molecule has 1 aliphatic rings. The Balaban J connectivity index is 2.10. The summed E-state index contributed by atoms with van der Waals surface area (Å²) in [4.78, 5) is 22.1. The summed E-state index contributed by atoms with van der Waals surface area (Å²) >= 11 is 0. The molecule has 2 aromatic rings. The summed E-state index contributed by atoms with van der Waals surface area (Å²) in [5.74, 6) is -0.0551. The van der Waals surface area contributed by atoms with E-state index < -0.39 is 30.1 Å². The molecule has 1 fully saturated rings. The van der Waals surface area contributed by atoms with Gasteiger partial charge in [-0.15, -0.1) is 0 Å². The van der Waals surface area contributed by atoms with Crippen LogP contribution in [0.2, 0.25) is 0 Å². The second-order valence-corrected chi connectivity index (χ2v) is 4.71. The van der Waals surface area contributed by atoms with Crippen LogP contribution in [0.4, 0.5) is 5.95 Å². The normalized spacial score (nSPS) is 29.3. The van der Waals surface area contributed by atoms with Crippen molar-refractivity contribution in [3.8, 4) is 0 Å². The van der Waals surface area contributed by atoms with Gasteiger partial charge < -0.3 is 25.4 Å². The Bertz CT molecular complexity index is 713. The minimum atomic E-state index is -1.01. The highest BCUT2D eigenvalue weighted by Gasteiger charge is 2.45. The number of hydrogen-bond donors (Lipinski definition) is 4. The molecule has 21 heavy (non-hydrogen) atoms. The topological polar surface area (TPSA) is 149 Å². The predicted octanol–water partition coefficient (Wildman–Crippen LogP) is -2.03. The molecule has 0 aliphatic carbocycles. The van der Waals surface area contributed by atoms with Crippen LogP contribution in [-0.2, 0) is 9.47 Å². The number of nitrogens with zero attached hydrogens (tertiary/aromatic N) is 3. The lowest BCUT2D eigenvalue weighted by Gasteiger charge is -2.19. The van der Waals surface area contributed by atoms with Crippen molar-refractivity contribution in [3.63, 3.8) is 0 Å². The van der Waals surface area contributed by atoms with Gasteiger partial charge in [0.15, 0.2) is 17.4 Å². The molecule has 5 N–H and O–H groups in total. The van der Waals surface area contributed by atoms with E-state index in [1.165, 1.54) is 18.0 Å². The molecule has 0 bridgehead atoms.